The molecule has 0 aliphatic rings. The van der Waals surface area contributed by atoms with Crippen molar-refractivity contribution in [2.45, 2.75) is 19.4 Å². The average Bonchev–Trinajstić information content (AvgIpc) is 2.50. The number of rotatable bonds is 6. The second kappa shape index (κ2) is 7.33. The van der Waals surface area contributed by atoms with Crippen LogP contribution in [0.3, 0.4) is 0 Å². The predicted octanol–water partition coefficient (Wildman–Crippen LogP) is 2.98. The van der Waals surface area contributed by atoms with Crippen molar-refractivity contribution in [2.75, 3.05) is 11.9 Å². The maximum Gasteiger partial charge on any atom is 0.328 e. The lowest BCUT2D eigenvalue weighted by Crippen LogP contribution is -2.33. The van der Waals surface area contributed by atoms with Gasteiger partial charge in [0.15, 0.2) is 0 Å². The number of benzene rings is 2. The van der Waals surface area contributed by atoms with Crippen LogP contribution in [0.15, 0.2) is 54.6 Å². The van der Waals surface area contributed by atoms with Crippen LogP contribution < -0.4 is 5.32 Å². The lowest BCUT2D eigenvalue weighted by molar-refractivity contribution is -0.144. The second-order valence-corrected chi connectivity index (χ2v) is 4.65. The monoisotopic (exact) mass is 285 g/mol. The molecule has 1 atom stereocenters. The number of phenols is 1. The van der Waals surface area contributed by atoms with Crippen LogP contribution >= 0.6 is 0 Å². The number of phenolic OH excluding ortho intramolecular Hbond substituents is 1. The van der Waals surface area contributed by atoms with Crippen LogP contribution in [0.25, 0.3) is 0 Å². The van der Waals surface area contributed by atoms with Gasteiger partial charge in [0.25, 0.3) is 0 Å². The number of hydrogen-bond acceptors (Lipinski definition) is 4. The highest BCUT2D eigenvalue weighted by molar-refractivity contribution is 5.79. The van der Waals surface area contributed by atoms with Gasteiger partial charge in [-0.3, -0.25) is 0 Å². The fraction of sp³-hybridized carbons (Fsp3) is 0.235. The fourth-order valence-corrected chi connectivity index (χ4v) is 2.08. The first-order valence-corrected chi connectivity index (χ1v) is 6.95. The number of aromatic hydroxyl groups is 1. The summed E-state index contributed by atoms with van der Waals surface area (Å²) < 4.78 is 5.11. The Morgan fingerprint density at radius 2 is 1.81 bits per heavy atom. The summed E-state index contributed by atoms with van der Waals surface area (Å²) in [6.45, 7) is 2.10. The van der Waals surface area contributed by atoms with Crippen molar-refractivity contribution < 1.29 is 14.6 Å². The molecule has 110 valence electrons. The van der Waals surface area contributed by atoms with Gasteiger partial charge >= 0.3 is 5.97 Å². The van der Waals surface area contributed by atoms with Gasteiger partial charge in [-0.25, -0.2) is 4.79 Å². The van der Waals surface area contributed by atoms with Gasteiger partial charge < -0.3 is 15.2 Å². The molecule has 0 saturated carbocycles. The summed E-state index contributed by atoms with van der Waals surface area (Å²) in [7, 11) is 0. The van der Waals surface area contributed by atoms with E-state index in [0.29, 0.717) is 18.6 Å². The molecule has 0 aromatic heterocycles. The van der Waals surface area contributed by atoms with Gasteiger partial charge in [-0.15, -0.1) is 0 Å². The molecule has 0 amide bonds. The van der Waals surface area contributed by atoms with Crippen molar-refractivity contribution in [2.24, 2.45) is 0 Å². The molecule has 0 radical (unpaired) electrons. The maximum atomic E-state index is 12.1. The lowest BCUT2D eigenvalue weighted by Gasteiger charge is -2.19. The van der Waals surface area contributed by atoms with Crippen LogP contribution in [-0.2, 0) is 16.0 Å². The Morgan fingerprint density at radius 1 is 1.14 bits per heavy atom. The molecular weight excluding hydrogens is 266 g/mol. The maximum absolute atomic E-state index is 12.1. The van der Waals surface area contributed by atoms with Gasteiger partial charge in [0.05, 0.1) is 6.61 Å². The number of anilines is 1. The summed E-state index contributed by atoms with van der Waals surface area (Å²) in [5, 5.41) is 13.0. The first kappa shape index (κ1) is 14.9. The average molecular weight is 285 g/mol. The number of para-hydroxylation sites is 2. The Hall–Kier alpha value is -2.49. The van der Waals surface area contributed by atoms with Crippen LogP contribution in [0.1, 0.15) is 12.5 Å². The number of hydrogen-bond donors (Lipinski definition) is 2. The smallest absolute Gasteiger partial charge is 0.328 e. The van der Waals surface area contributed by atoms with Crippen LogP contribution in [0, 0.1) is 0 Å². The Kier molecular flexibility index (Phi) is 5.21. The third-order valence-corrected chi connectivity index (χ3v) is 3.10. The van der Waals surface area contributed by atoms with Crippen molar-refractivity contribution >= 4 is 11.7 Å². The minimum absolute atomic E-state index is 0.182. The van der Waals surface area contributed by atoms with Crippen molar-refractivity contribution in [3.8, 4) is 5.75 Å². The number of esters is 1. The molecule has 0 fully saturated rings. The molecule has 0 saturated heterocycles. The van der Waals surface area contributed by atoms with Crippen LogP contribution in [0.2, 0.25) is 0 Å². The Balaban J connectivity index is 2.16. The highest BCUT2D eigenvalue weighted by Crippen LogP contribution is 2.19. The summed E-state index contributed by atoms with van der Waals surface area (Å²) in [5.41, 5.74) is 1.55. The summed E-state index contributed by atoms with van der Waals surface area (Å²) in [6.07, 6.45) is 0.362. The SMILES string of the molecule is CCOC(=O)C(Cc1ccccc1O)Nc1ccccc1. The second-order valence-electron chi connectivity index (χ2n) is 4.65. The van der Waals surface area contributed by atoms with Crippen molar-refractivity contribution in [3.63, 3.8) is 0 Å². The van der Waals surface area contributed by atoms with E-state index in [1.54, 1.807) is 25.1 Å². The number of carbonyl (C=O) groups is 1. The molecular formula is C17H19NO3. The first-order valence-electron chi connectivity index (χ1n) is 6.95. The molecule has 2 aromatic rings. The van der Waals surface area contributed by atoms with Gasteiger partial charge in [0.1, 0.15) is 11.8 Å². The normalized spacial score (nSPS) is 11.7. The Bertz CT molecular complexity index is 584. The highest BCUT2D eigenvalue weighted by Gasteiger charge is 2.21. The van der Waals surface area contributed by atoms with E-state index in [0.717, 1.165) is 5.69 Å². The Labute approximate surface area is 124 Å². The van der Waals surface area contributed by atoms with E-state index in [9.17, 15) is 9.90 Å². The van der Waals surface area contributed by atoms with Gasteiger partial charge in [-0.05, 0) is 30.7 Å². The molecule has 21 heavy (non-hydrogen) atoms. The molecule has 2 aromatic carbocycles. The summed E-state index contributed by atoms with van der Waals surface area (Å²) >= 11 is 0. The number of ether oxygens (including phenoxy) is 1. The summed E-state index contributed by atoms with van der Waals surface area (Å²) in [6, 6.07) is 15.9. The molecule has 2 rings (SSSR count). The first-order chi connectivity index (χ1) is 10.2. The minimum atomic E-state index is -0.541. The van der Waals surface area contributed by atoms with E-state index in [1.807, 2.05) is 36.4 Å². The molecule has 0 aliphatic carbocycles. The predicted molar refractivity (Wildman–Crippen MR) is 82.3 cm³/mol. The molecule has 2 N–H and O–H groups in total. The molecule has 4 nitrogen and oxygen atoms in total. The number of carbonyl (C=O) groups excluding carboxylic acids is 1. The third kappa shape index (κ3) is 4.24. The van der Waals surface area contributed by atoms with Crippen LogP contribution in [0.4, 0.5) is 5.69 Å². The topological polar surface area (TPSA) is 58.6 Å². The number of nitrogens with one attached hydrogen (secondary N) is 1. The molecule has 0 aliphatic heterocycles. The van der Waals surface area contributed by atoms with Crippen molar-refractivity contribution in [1.29, 1.82) is 0 Å². The molecule has 4 heteroatoms. The van der Waals surface area contributed by atoms with E-state index < -0.39 is 6.04 Å². The zero-order valence-electron chi connectivity index (χ0n) is 12.0. The van der Waals surface area contributed by atoms with Crippen molar-refractivity contribution in [3.05, 3.63) is 60.2 Å². The van der Waals surface area contributed by atoms with E-state index >= 15 is 0 Å². The molecule has 0 spiro atoms. The summed E-state index contributed by atoms with van der Waals surface area (Å²) in [4.78, 5) is 12.1. The van der Waals surface area contributed by atoms with Gasteiger partial charge in [-0.1, -0.05) is 36.4 Å². The standard InChI is InChI=1S/C17H19NO3/c1-2-21-17(20)15(18-14-9-4-3-5-10-14)12-13-8-6-7-11-16(13)19/h3-11,15,18-19H,2,12H2,1H3. The minimum Gasteiger partial charge on any atom is -0.508 e. The van der Waals surface area contributed by atoms with E-state index in [4.69, 9.17) is 4.74 Å². The molecule has 0 bridgehead atoms. The fourth-order valence-electron chi connectivity index (χ4n) is 2.08. The van der Waals surface area contributed by atoms with Crippen LogP contribution in [0.5, 0.6) is 5.75 Å². The van der Waals surface area contributed by atoms with E-state index in [2.05, 4.69) is 5.32 Å². The van der Waals surface area contributed by atoms with E-state index in [1.165, 1.54) is 0 Å². The lowest BCUT2D eigenvalue weighted by atomic mass is 10.0. The third-order valence-electron chi connectivity index (χ3n) is 3.10. The Morgan fingerprint density at radius 3 is 2.48 bits per heavy atom. The van der Waals surface area contributed by atoms with Gasteiger partial charge in [-0.2, -0.15) is 0 Å². The van der Waals surface area contributed by atoms with E-state index in [-0.39, 0.29) is 11.7 Å². The zero-order valence-corrected chi connectivity index (χ0v) is 12.0. The largest absolute Gasteiger partial charge is 0.508 e. The summed E-state index contributed by atoms with van der Waals surface area (Å²) in [5.74, 6) is -0.147. The van der Waals surface area contributed by atoms with Crippen LogP contribution in [-0.4, -0.2) is 23.7 Å². The zero-order chi connectivity index (χ0) is 15.1. The van der Waals surface area contributed by atoms with Crippen molar-refractivity contribution in [1.82, 2.24) is 0 Å². The highest BCUT2D eigenvalue weighted by atomic mass is 16.5. The quantitative estimate of drug-likeness (QED) is 0.801. The molecule has 0 heterocycles. The van der Waals surface area contributed by atoms with Gasteiger partial charge in [0, 0.05) is 12.1 Å². The molecule has 1 unspecified atom stereocenters. The van der Waals surface area contributed by atoms with Gasteiger partial charge in [0.2, 0.25) is 0 Å².